The van der Waals surface area contributed by atoms with Gasteiger partial charge >= 0.3 is 0 Å². The van der Waals surface area contributed by atoms with E-state index in [2.05, 4.69) is 4.98 Å². The molecule has 2 nitrogen and oxygen atoms in total. The highest BCUT2D eigenvalue weighted by Crippen LogP contribution is 2.36. The van der Waals surface area contributed by atoms with Crippen molar-refractivity contribution >= 4 is 24.0 Å². The highest BCUT2D eigenvalue weighted by molar-refractivity contribution is 7.79. The lowest BCUT2D eigenvalue weighted by Gasteiger charge is -2.20. The Labute approximate surface area is 151 Å². The number of halogens is 6. The Hall–Kier alpha value is -2.60. The maximum atomic E-state index is 14.4. The molecule has 0 saturated heterocycles. The lowest BCUT2D eigenvalue weighted by atomic mass is 10.3. The van der Waals surface area contributed by atoms with Gasteiger partial charge in [0.05, 0.1) is 12.5 Å². The van der Waals surface area contributed by atoms with Gasteiger partial charge < -0.3 is 4.74 Å². The first-order chi connectivity index (χ1) is 12.8. The van der Waals surface area contributed by atoms with Gasteiger partial charge in [-0.15, -0.1) is 0 Å². The number of ether oxygens (including phenoxy) is 1. The predicted molar refractivity (Wildman–Crippen MR) is 89.2 cm³/mol. The largest absolute Gasteiger partial charge is 0.481 e. The molecule has 0 unspecified atom stereocenters. The van der Waals surface area contributed by atoms with Crippen molar-refractivity contribution in [3.8, 4) is 5.88 Å². The molecule has 27 heavy (non-hydrogen) atoms. The first kappa shape index (κ1) is 19.2. The summed E-state index contributed by atoms with van der Waals surface area (Å²) in [5.74, 6) is -9.42. The minimum Gasteiger partial charge on any atom is -0.481 e. The van der Waals surface area contributed by atoms with Crippen molar-refractivity contribution in [2.45, 2.75) is 0 Å². The summed E-state index contributed by atoms with van der Waals surface area (Å²) in [6.45, 7) is 0. The Morgan fingerprint density at radius 3 is 1.70 bits per heavy atom. The smallest absolute Gasteiger partial charge is 0.213 e. The topological polar surface area (TPSA) is 22.1 Å². The molecule has 0 saturated carbocycles. The molecule has 0 aliphatic rings. The van der Waals surface area contributed by atoms with E-state index in [1.54, 1.807) is 0 Å². The zero-order valence-electron chi connectivity index (χ0n) is 13.6. The summed E-state index contributed by atoms with van der Waals surface area (Å²) >= 11 is 0. The summed E-state index contributed by atoms with van der Waals surface area (Å²) in [7, 11) is -1.01. The molecule has 3 rings (SSSR count). The van der Waals surface area contributed by atoms with Crippen LogP contribution in [0, 0.1) is 34.9 Å². The summed E-state index contributed by atoms with van der Waals surface area (Å²) in [5.41, 5.74) is 0.0270. The second-order valence-electron chi connectivity index (χ2n) is 5.26. The van der Waals surface area contributed by atoms with E-state index >= 15 is 0 Å². The highest BCUT2D eigenvalue weighted by Gasteiger charge is 2.29. The molecule has 0 bridgehead atoms. The minimum atomic E-state index is -2.32. The van der Waals surface area contributed by atoms with Crippen LogP contribution in [0.25, 0.3) is 0 Å². The van der Waals surface area contributed by atoms with E-state index in [1.165, 1.54) is 25.3 Å². The van der Waals surface area contributed by atoms with Crippen LogP contribution in [0.1, 0.15) is 0 Å². The van der Waals surface area contributed by atoms with Crippen molar-refractivity contribution in [3.63, 3.8) is 0 Å². The number of hydrogen-bond acceptors (Lipinski definition) is 2. The number of pyridine rings is 1. The monoisotopic (exact) mass is 401 g/mol. The van der Waals surface area contributed by atoms with Crippen molar-refractivity contribution in [2.75, 3.05) is 7.11 Å². The van der Waals surface area contributed by atoms with Crippen LogP contribution < -0.4 is 20.8 Å². The summed E-state index contributed by atoms with van der Waals surface area (Å²) < 4.78 is 88.0. The standard InChI is InChI=1S/C18H10F6NOP/c1-26-13-3-2-4-14(25-13)27(11-7-5-9(19)15(21)17(11)23)12-8-6-10(20)16(22)18(12)24/h2-8H,1H3. The maximum Gasteiger partial charge on any atom is 0.213 e. The van der Waals surface area contributed by atoms with Gasteiger partial charge in [-0.25, -0.2) is 31.3 Å². The van der Waals surface area contributed by atoms with Gasteiger partial charge in [0, 0.05) is 24.6 Å². The Balaban J connectivity index is 2.31. The Bertz CT molecular complexity index is 956. The molecule has 3 aromatic rings. The third-order valence-corrected chi connectivity index (χ3v) is 6.02. The fourth-order valence-electron chi connectivity index (χ4n) is 2.40. The summed E-state index contributed by atoms with van der Waals surface area (Å²) in [4.78, 5) is 4.07. The van der Waals surface area contributed by atoms with E-state index in [0.29, 0.717) is 12.1 Å². The number of aromatic nitrogens is 1. The fourth-order valence-corrected chi connectivity index (χ4v) is 4.62. The van der Waals surface area contributed by atoms with Gasteiger partial charge in [0.25, 0.3) is 0 Å². The number of benzene rings is 2. The number of rotatable bonds is 4. The highest BCUT2D eigenvalue weighted by atomic mass is 31.1. The molecule has 0 atom stereocenters. The van der Waals surface area contributed by atoms with E-state index < -0.39 is 53.4 Å². The second kappa shape index (κ2) is 7.56. The zero-order valence-corrected chi connectivity index (χ0v) is 14.5. The molecule has 9 heteroatoms. The molecule has 0 amide bonds. The first-order valence-corrected chi connectivity index (χ1v) is 8.77. The molecule has 140 valence electrons. The predicted octanol–water partition coefficient (Wildman–Crippen LogP) is 3.68. The van der Waals surface area contributed by atoms with Crippen LogP contribution >= 0.6 is 7.92 Å². The van der Waals surface area contributed by atoms with Crippen LogP contribution in [-0.2, 0) is 0 Å². The van der Waals surface area contributed by atoms with Crippen LogP contribution in [-0.4, -0.2) is 12.1 Å². The normalized spacial score (nSPS) is 11.1. The summed E-state index contributed by atoms with van der Waals surface area (Å²) in [6.07, 6.45) is 0. The molecule has 0 spiro atoms. The summed E-state index contributed by atoms with van der Waals surface area (Å²) in [6, 6.07) is 7.46. The van der Waals surface area contributed by atoms with Crippen LogP contribution in [0.5, 0.6) is 5.88 Å². The van der Waals surface area contributed by atoms with Gasteiger partial charge in [-0.2, -0.15) is 0 Å². The molecule has 1 heterocycles. The lowest BCUT2D eigenvalue weighted by Crippen LogP contribution is -2.28. The van der Waals surface area contributed by atoms with Gasteiger partial charge in [0.1, 0.15) is 0 Å². The quantitative estimate of drug-likeness (QED) is 0.378. The average Bonchev–Trinajstić information content (AvgIpc) is 2.68. The van der Waals surface area contributed by atoms with Crippen LogP contribution in [0.3, 0.4) is 0 Å². The molecule has 0 aliphatic carbocycles. The van der Waals surface area contributed by atoms with Crippen molar-refractivity contribution in [2.24, 2.45) is 0 Å². The molecule has 2 aromatic carbocycles. The van der Waals surface area contributed by atoms with E-state index in [9.17, 15) is 26.3 Å². The SMILES string of the molecule is COc1cccc(P(c2ccc(F)c(F)c2F)c2ccc(F)c(F)c2F)n1. The molecular formula is C18H10F6NOP. The molecule has 1 aromatic heterocycles. The van der Waals surface area contributed by atoms with Crippen LogP contribution in [0.15, 0.2) is 42.5 Å². The van der Waals surface area contributed by atoms with E-state index in [0.717, 1.165) is 12.1 Å². The van der Waals surface area contributed by atoms with Gasteiger partial charge in [0.15, 0.2) is 34.9 Å². The number of nitrogens with zero attached hydrogens (tertiary/aromatic N) is 1. The minimum absolute atomic E-state index is 0.0270. The van der Waals surface area contributed by atoms with E-state index in [4.69, 9.17) is 4.74 Å². The van der Waals surface area contributed by atoms with Gasteiger partial charge in [-0.3, -0.25) is 0 Å². The maximum absolute atomic E-state index is 14.4. The number of methoxy groups -OCH3 is 1. The van der Waals surface area contributed by atoms with Gasteiger partial charge in [-0.05, 0) is 30.3 Å². The van der Waals surface area contributed by atoms with Crippen molar-refractivity contribution in [3.05, 3.63) is 77.4 Å². The van der Waals surface area contributed by atoms with Crippen molar-refractivity contribution in [1.29, 1.82) is 0 Å². The Morgan fingerprint density at radius 1 is 0.704 bits per heavy atom. The third-order valence-electron chi connectivity index (χ3n) is 3.66. The van der Waals surface area contributed by atoms with Crippen LogP contribution in [0.2, 0.25) is 0 Å². The Morgan fingerprint density at radius 2 is 1.22 bits per heavy atom. The molecular weight excluding hydrogens is 391 g/mol. The van der Waals surface area contributed by atoms with Gasteiger partial charge in [0.2, 0.25) is 5.88 Å². The molecule has 0 fully saturated rings. The lowest BCUT2D eigenvalue weighted by molar-refractivity contribution is 0.399. The van der Waals surface area contributed by atoms with E-state index in [1.807, 2.05) is 0 Å². The number of hydrogen-bond donors (Lipinski definition) is 0. The third kappa shape index (κ3) is 3.49. The zero-order chi connectivity index (χ0) is 19.7. The Kier molecular flexibility index (Phi) is 5.37. The molecule has 0 aliphatic heterocycles. The van der Waals surface area contributed by atoms with Crippen molar-refractivity contribution < 1.29 is 31.1 Å². The summed E-state index contributed by atoms with van der Waals surface area (Å²) in [5, 5.41) is -0.871. The van der Waals surface area contributed by atoms with Crippen molar-refractivity contribution in [1.82, 2.24) is 4.98 Å². The second-order valence-corrected chi connectivity index (χ2v) is 7.36. The fraction of sp³-hybridized carbons (Fsp3) is 0.0556. The molecule has 0 radical (unpaired) electrons. The van der Waals surface area contributed by atoms with Crippen LogP contribution in [0.4, 0.5) is 26.3 Å². The molecule has 0 N–H and O–H groups in total. The average molecular weight is 401 g/mol. The first-order valence-electron chi connectivity index (χ1n) is 7.43. The van der Waals surface area contributed by atoms with Gasteiger partial charge in [-0.1, -0.05) is 6.07 Å². The van der Waals surface area contributed by atoms with E-state index in [-0.39, 0.29) is 11.3 Å².